The first-order valence-corrected chi connectivity index (χ1v) is 6.06. The molecule has 0 atom stereocenters. The van der Waals surface area contributed by atoms with Gasteiger partial charge < -0.3 is 0 Å². The minimum absolute atomic E-state index is 0.370. The highest BCUT2D eigenvalue weighted by molar-refractivity contribution is 7.98. The Balaban J connectivity index is 0.000000146. The van der Waals surface area contributed by atoms with Crippen LogP contribution in [0.2, 0.25) is 0 Å². The molecule has 0 N–H and O–H groups in total. The molecule has 0 radical (unpaired) electrons. The smallest absolute Gasteiger partial charge is 0.132 e. The number of carbonyl (C=O) groups is 1. The third kappa shape index (κ3) is 4.47. The van der Waals surface area contributed by atoms with Crippen molar-refractivity contribution in [2.75, 3.05) is 6.26 Å². The van der Waals surface area contributed by atoms with Crippen molar-refractivity contribution in [1.82, 2.24) is 0 Å². The molecule has 0 bridgehead atoms. The summed E-state index contributed by atoms with van der Waals surface area (Å²) in [5, 5.41) is 0. The van der Waals surface area contributed by atoms with Crippen molar-refractivity contribution in [2.24, 2.45) is 5.92 Å². The predicted molar refractivity (Wildman–Crippen MR) is 61.6 cm³/mol. The zero-order chi connectivity index (χ0) is 10.4. The lowest BCUT2D eigenvalue weighted by molar-refractivity contribution is -0.118. The molecule has 14 heavy (non-hydrogen) atoms. The van der Waals surface area contributed by atoms with Crippen LogP contribution >= 0.6 is 11.8 Å². The summed E-state index contributed by atoms with van der Waals surface area (Å²) in [6.07, 6.45) is 4.38. The van der Waals surface area contributed by atoms with Gasteiger partial charge in [0.05, 0.1) is 0 Å². The molecule has 1 aromatic rings. The molecule has 1 fully saturated rings. The van der Waals surface area contributed by atoms with Gasteiger partial charge in [-0.05, 0) is 38.2 Å². The van der Waals surface area contributed by atoms with E-state index in [-0.39, 0.29) is 0 Å². The Morgan fingerprint density at radius 1 is 1.29 bits per heavy atom. The lowest BCUT2D eigenvalue weighted by Crippen LogP contribution is -1.88. The molecule has 76 valence electrons. The Hall–Kier alpha value is -0.760. The SMILES string of the molecule is CC(=O)C1CC1.CSc1ccccc1. The molecule has 0 saturated heterocycles. The van der Waals surface area contributed by atoms with E-state index in [0.29, 0.717) is 11.7 Å². The minimum Gasteiger partial charge on any atom is -0.300 e. The van der Waals surface area contributed by atoms with Gasteiger partial charge in [-0.25, -0.2) is 0 Å². The van der Waals surface area contributed by atoms with Crippen LogP contribution in [-0.2, 0) is 4.79 Å². The molecule has 0 unspecified atom stereocenters. The molecule has 0 heterocycles. The third-order valence-electron chi connectivity index (χ3n) is 2.13. The Morgan fingerprint density at radius 3 is 2.07 bits per heavy atom. The zero-order valence-electron chi connectivity index (χ0n) is 8.69. The Bertz CT molecular complexity index is 278. The van der Waals surface area contributed by atoms with Gasteiger partial charge in [-0.3, -0.25) is 4.79 Å². The van der Waals surface area contributed by atoms with Gasteiger partial charge in [0.25, 0.3) is 0 Å². The second kappa shape index (κ2) is 5.86. The van der Waals surface area contributed by atoms with E-state index in [4.69, 9.17) is 0 Å². The van der Waals surface area contributed by atoms with Crippen LogP contribution in [-0.4, -0.2) is 12.0 Å². The summed E-state index contributed by atoms with van der Waals surface area (Å²) >= 11 is 1.77. The van der Waals surface area contributed by atoms with Gasteiger partial charge in [0.15, 0.2) is 0 Å². The van der Waals surface area contributed by atoms with Crippen LogP contribution in [0.3, 0.4) is 0 Å². The van der Waals surface area contributed by atoms with Crippen molar-refractivity contribution < 1.29 is 4.79 Å². The summed E-state index contributed by atoms with van der Waals surface area (Å²) in [6, 6.07) is 10.3. The van der Waals surface area contributed by atoms with E-state index in [1.807, 2.05) is 18.2 Å². The van der Waals surface area contributed by atoms with Gasteiger partial charge in [-0.2, -0.15) is 0 Å². The molecule has 0 aliphatic heterocycles. The largest absolute Gasteiger partial charge is 0.300 e. The maximum absolute atomic E-state index is 10.2. The minimum atomic E-state index is 0.370. The maximum Gasteiger partial charge on any atom is 0.132 e. The summed E-state index contributed by atoms with van der Waals surface area (Å²) < 4.78 is 0. The van der Waals surface area contributed by atoms with E-state index in [1.165, 1.54) is 4.90 Å². The van der Waals surface area contributed by atoms with Gasteiger partial charge in [-0.15, -0.1) is 11.8 Å². The number of ketones is 1. The van der Waals surface area contributed by atoms with Crippen LogP contribution < -0.4 is 0 Å². The van der Waals surface area contributed by atoms with Crippen molar-refractivity contribution >= 4 is 17.5 Å². The highest BCUT2D eigenvalue weighted by Crippen LogP contribution is 2.29. The Kier molecular flexibility index (Phi) is 4.74. The summed E-state index contributed by atoms with van der Waals surface area (Å²) in [5.74, 6) is 0.833. The first-order valence-electron chi connectivity index (χ1n) is 4.83. The highest BCUT2D eigenvalue weighted by Gasteiger charge is 2.25. The topological polar surface area (TPSA) is 17.1 Å². The van der Waals surface area contributed by atoms with Gasteiger partial charge >= 0.3 is 0 Å². The van der Waals surface area contributed by atoms with E-state index in [2.05, 4.69) is 18.4 Å². The average molecular weight is 208 g/mol. The molecule has 1 aliphatic rings. The van der Waals surface area contributed by atoms with Crippen LogP contribution in [0.5, 0.6) is 0 Å². The van der Waals surface area contributed by atoms with E-state index < -0.39 is 0 Å². The lowest BCUT2D eigenvalue weighted by atomic mass is 10.3. The Labute approximate surface area is 89.9 Å². The zero-order valence-corrected chi connectivity index (χ0v) is 9.51. The van der Waals surface area contributed by atoms with Crippen molar-refractivity contribution in [3.05, 3.63) is 30.3 Å². The second-order valence-electron chi connectivity index (χ2n) is 3.40. The molecular formula is C12H16OS. The molecule has 2 heteroatoms. The monoisotopic (exact) mass is 208 g/mol. The van der Waals surface area contributed by atoms with Crippen molar-refractivity contribution in [3.63, 3.8) is 0 Å². The van der Waals surface area contributed by atoms with Crippen LogP contribution in [0.25, 0.3) is 0 Å². The molecule has 0 amide bonds. The van der Waals surface area contributed by atoms with Crippen LogP contribution in [0, 0.1) is 5.92 Å². The predicted octanol–water partition coefficient (Wildman–Crippen LogP) is 3.39. The number of thioether (sulfide) groups is 1. The van der Waals surface area contributed by atoms with Crippen molar-refractivity contribution in [2.45, 2.75) is 24.7 Å². The van der Waals surface area contributed by atoms with Gasteiger partial charge in [0.1, 0.15) is 5.78 Å². The normalized spacial score (nSPS) is 14.1. The molecule has 0 spiro atoms. The molecule has 1 aromatic carbocycles. The fourth-order valence-corrected chi connectivity index (χ4v) is 1.48. The lowest BCUT2D eigenvalue weighted by Gasteiger charge is -1.89. The van der Waals surface area contributed by atoms with Crippen LogP contribution in [0.4, 0.5) is 0 Å². The van der Waals surface area contributed by atoms with Crippen LogP contribution in [0.1, 0.15) is 19.8 Å². The average Bonchev–Trinajstić information content (AvgIpc) is 3.03. The first-order chi connectivity index (χ1) is 6.74. The summed E-state index contributed by atoms with van der Waals surface area (Å²) in [5.41, 5.74) is 0. The summed E-state index contributed by atoms with van der Waals surface area (Å²) in [4.78, 5) is 11.5. The third-order valence-corrected chi connectivity index (χ3v) is 2.87. The van der Waals surface area contributed by atoms with E-state index >= 15 is 0 Å². The molecule has 1 nitrogen and oxygen atoms in total. The highest BCUT2D eigenvalue weighted by atomic mass is 32.2. The molecule has 1 aliphatic carbocycles. The summed E-state index contributed by atoms with van der Waals surface area (Å²) in [6.45, 7) is 1.66. The number of rotatable bonds is 2. The maximum atomic E-state index is 10.2. The van der Waals surface area contributed by atoms with E-state index in [1.54, 1.807) is 18.7 Å². The Morgan fingerprint density at radius 2 is 1.86 bits per heavy atom. The molecule has 2 rings (SSSR count). The quantitative estimate of drug-likeness (QED) is 0.693. The van der Waals surface area contributed by atoms with Crippen molar-refractivity contribution in [1.29, 1.82) is 0 Å². The number of hydrogen-bond acceptors (Lipinski definition) is 2. The van der Waals surface area contributed by atoms with Crippen LogP contribution in [0.15, 0.2) is 35.2 Å². The van der Waals surface area contributed by atoms with Gasteiger partial charge in [-0.1, -0.05) is 18.2 Å². The number of Topliss-reactive ketones (excluding diaryl/α,β-unsaturated/α-hetero) is 1. The summed E-state index contributed by atoms with van der Waals surface area (Å²) in [7, 11) is 0. The van der Waals surface area contributed by atoms with E-state index in [9.17, 15) is 4.79 Å². The fourth-order valence-electron chi connectivity index (χ4n) is 1.05. The van der Waals surface area contributed by atoms with Crippen molar-refractivity contribution in [3.8, 4) is 0 Å². The molecular weight excluding hydrogens is 192 g/mol. The standard InChI is InChI=1S/C7H8S.C5H8O/c1-8-7-5-3-2-4-6-7;1-4(6)5-2-3-5/h2-6H,1H3;5H,2-3H2,1H3. The fraction of sp³-hybridized carbons (Fsp3) is 0.417. The molecule has 1 saturated carbocycles. The second-order valence-corrected chi connectivity index (χ2v) is 4.28. The first kappa shape index (κ1) is 11.3. The van der Waals surface area contributed by atoms with Gasteiger partial charge in [0, 0.05) is 10.8 Å². The van der Waals surface area contributed by atoms with E-state index in [0.717, 1.165) is 12.8 Å². The molecule has 0 aromatic heterocycles. The number of benzene rings is 1. The number of carbonyl (C=O) groups excluding carboxylic acids is 1. The van der Waals surface area contributed by atoms with Gasteiger partial charge in [0.2, 0.25) is 0 Å². The number of hydrogen-bond donors (Lipinski definition) is 0.